The van der Waals surface area contributed by atoms with Crippen LogP contribution in [0.5, 0.6) is 0 Å². The minimum absolute atomic E-state index is 0.271. The molecule has 0 bridgehead atoms. The summed E-state index contributed by atoms with van der Waals surface area (Å²) in [4.78, 5) is 44.4. The molecule has 2 heterocycles. The number of rotatable bonds is 4. The van der Waals surface area contributed by atoms with Crippen molar-refractivity contribution in [2.75, 3.05) is 43.2 Å². The van der Waals surface area contributed by atoms with Crippen LogP contribution in [0.15, 0.2) is 47.5 Å². The first-order valence-electron chi connectivity index (χ1n) is 9.42. The highest BCUT2D eigenvalue weighted by atomic mass is 35.5. The first-order chi connectivity index (χ1) is 14.5. The molecule has 8 nitrogen and oxygen atoms in total. The molecular formula is C21H19ClN4O4. The summed E-state index contributed by atoms with van der Waals surface area (Å²) >= 11 is 5.83. The first kappa shape index (κ1) is 20.2. The Morgan fingerprint density at radius 2 is 1.87 bits per heavy atom. The number of ketones is 1. The van der Waals surface area contributed by atoms with Crippen LogP contribution < -0.4 is 10.2 Å². The molecule has 9 heteroatoms. The number of nitrogens with zero attached hydrogens (tertiary/aromatic N) is 3. The lowest BCUT2D eigenvalue weighted by molar-refractivity contribution is -0.114. The van der Waals surface area contributed by atoms with Crippen LogP contribution in [0.2, 0.25) is 5.02 Å². The van der Waals surface area contributed by atoms with Gasteiger partial charge in [-0.3, -0.25) is 19.4 Å². The van der Waals surface area contributed by atoms with Crippen LogP contribution in [-0.2, 0) is 9.53 Å². The van der Waals surface area contributed by atoms with Crippen molar-refractivity contribution in [1.82, 2.24) is 4.90 Å². The number of hydrogen-bond acceptors (Lipinski definition) is 5. The Morgan fingerprint density at radius 3 is 2.60 bits per heavy atom. The van der Waals surface area contributed by atoms with Gasteiger partial charge >= 0.3 is 11.9 Å². The zero-order valence-corrected chi connectivity index (χ0v) is 16.8. The zero-order valence-electron chi connectivity index (χ0n) is 16.0. The van der Waals surface area contributed by atoms with Crippen LogP contribution in [0, 0.1) is 0 Å². The quantitative estimate of drug-likeness (QED) is 0.599. The molecule has 2 aromatic carbocycles. The van der Waals surface area contributed by atoms with Crippen LogP contribution in [0.1, 0.15) is 15.9 Å². The second-order valence-corrected chi connectivity index (χ2v) is 7.34. The SMILES string of the molecule is O=C(N=Cc1ccc(Cl)cc1)Nc1ccc2c(c1)C(=O)C(=O)N2CN1CCOCC1. The summed E-state index contributed by atoms with van der Waals surface area (Å²) in [5, 5.41) is 3.21. The predicted octanol–water partition coefficient (Wildman–Crippen LogP) is 2.81. The van der Waals surface area contributed by atoms with Crippen LogP contribution in [-0.4, -0.2) is 61.8 Å². The maximum atomic E-state index is 12.5. The number of aliphatic imine (C=N–C) groups is 1. The van der Waals surface area contributed by atoms with E-state index >= 15 is 0 Å². The summed E-state index contributed by atoms with van der Waals surface area (Å²) in [5.41, 5.74) is 1.93. The number of Topliss-reactive ketones (excluding diaryl/α,β-unsaturated/α-hetero) is 1. The van der Waals surface area contributed by atoms with Crippen molar-refractivity contribution in [2.24, 2.45) is 4.99 Å². The van der Waals surface area contributed by atoms with Crippen molar-refractivity contribution in [3.63, 3.8) is 0 Å². The lowest BCUT2D eigenvalue weighted by atomic mass is 10.1. The molecule has 0 saturated carbocycles. The van der Waals surface area contributed by atoms with E-state index < -0.39 is 17.7 Å². The summed E-state index contributed by atoms with van der Waals surface area (Å²) in [5.74, 6) is -1.15. The number of nitrogens with one attached hydrogen (secondary N) is 1. The Morgan fingerprint density at radius 1 is 1.13 bits per heavy atom. The minimum atomic E-state index is -0.591. The van der Waals surface area contributed by atoms with E-state index in [1.807, 2.05) is 0 Å². The van der Waals surface area contributed by atoms with Gasteiger partial charge < -0.3 is 10.1 Å². The number of carbonyl (C=O) groups excluding carboxylic acids is 3. The number of urea groups is 1. The van der Waals surface area contributed by atoms with E-state index in [0.717, 1.165) is 5.56 Å². The van der Waals surface area contributed by atoms with E-state index in [4.69, 9.17) is 16.3 Å². The Bertz CT molecular complexity index is 1020. The highest BCUT2D eigenvalue weighted by Gasteiger charge is 2.37. The monoisotopic (exact) mass is 426 g/mol. The van der Waals surface area contributed by atoms with Crippen molar-refractivity contribution in [1.29, 1.82) is 0 Å². The molecule has 0 atom stereocenters. The van der Waals surface area contributed by atoms with Gasteiger partial charge in [0.15, 0.2) is 0 Å². The lowest BCUT2D eigenvalue weighted by Gasteiger charge is -2.30. The smallest absolute Gasteiger partial charge is 0.345 e. The third-order valence-corrected chi connectivity index (χ3v) is 5.12. The van der Waals surface area contributed by atoms with Gasteiger partial charge in [-0.15, -0.1) is 0 Å². The van der Waals surface area contributed by atoms with Crippen molar-refractivity contribution >= 4 is 46.9 Å². The first-order valence-corrected chi connectivity index (χ1v) is 9.80. The Kier molecular flexibility index (Phi) is 5.89. The fourth-order valence-corrected chi connectivity index (χ4v) is 3.42. The molecule has 2 aromatic rings. The predicted molar refractivity (Wildman–Crippen MR) is 114 cm³/mol. The standard InChI is InChI=1S/C21H19ClN4O4/c22-15-3-1-14(2-4-15)12-23-21(29)24-16-5-6-18-17(11-16)19(27)20(28)26(18)13-25-7-9-30-10-8-25/h1-6,11-12H,7-10,13H2,(H,24,29). The van der Waals surface area contributed by atoms with Gasteiger partial charge in [0.25, 0.3) is 5.78 Å². The van der Waals surface area contributed by atoms with Gasteiger partial charge in [-0.1, -0.05) is 23.7 Å². The summed E-state index contributed by atoms with van der Waals surface area (Å²) in [6, 6.07) is 11.1. The zero-order chi connectivity index (χ0) is 21.1. The van der Waals surface area contributed by atoms with Gasteiger partial charge in [-0.2, -0.15) is 0 Å². The van der Waals surface area contributed by atoms with E-state index in [9.17, 15) is 14.4 Å². The largest absolute Gasteiger partial charge is 0.379 e. The normalized spacial score (nSPS) is 16.9. The van der Waals surface area contributed by atoms with Gasteiger partial charge in [0.1, 0.15) is 0 Å². The van der Waals surface area contributed by atoms with E-state index in [1.54, 1.807) is 36.4 Å². The molecule has 2 aliphatic heterocycles. The highest BCUT2D eigenvalue weighted by Crippen LogP contribution is 2.31. The van der Waals surface area contributed by atoms with Gasteiger partial charge in [0.05, 0.1) is 31.1 Å². The molecule has 0 radical (unpaired) electrons. The number of anilines is 2. The molecule has 4 rings (SSSR count). The molecule has 1 N–H and O–H groups in total. The molecule has 154 valence electrons. The van der Waals surface area contributed by atoms with Crippen molar-refractivity contribution < 1.29 is 19.1 Å². The fraction of sp³-hybridized carbons (Fsp3) is 0.238. The average molecular weight is 427 g/mol. The van der Waals surface area contributed by atoms with Crippen LogP contribution >= 0.6 is 11.6 Å². The molecule has 1 saturated heterocycles. The Hall–Kier alpha value is -3.07. The summed E-state index contributed by atoms with van der Waals surface area (Å²) in [6.45, 7) is 2.94. The number of benzene rings is 2. The number of hydrogen-bond donors (Lipinski definition) is 1. The average Bonchev–Trinajstić information content (AvgIpc) is 2.99. The van der Waals surface area contributed by atoms with E-state index in [-0.39, 0.29) is 5.56 Å². The van der Waals surface area contributed by atoms with Gasteiger partial charge in [0, 0.05) is 30.0 Å². The molecule has 30 heavy (non-hydrogen) atoms. The van der Waals surface area contributed by atoms with E-state index in [2.05, 4.69) is 15.2 Å². The van der Waals surface area contributed by atoms with Gasteiger partial charge in [0.2, 0.25) is 0 Å². The number of fused-ring (bicyclic) bond motifs is 1. The second kappa shape index (κ2) is 8.74. The maximum Gasteiger partial charge on any atom is 0.345 e. The van der Waals surface area contributed by atoms with Crippen LogP contribution in [0.4, 0.5) is 16.2 Å². The number of morpholine rings is 1. The summed E-state index contributed by atoms with van der Waals surface area (Å²) in [7, 11) is 0. The molecule has 3 amide bonds. The third-order valence-electron chi connectivity index (χ3n) is 4.87. The highest BCUT2D eigenvalue weighted by molar-refractivity contribution is 6.52. The van der Waals surface area contributed by atoms with Crippen molar-refractivity contribution in [3.05, 3.63) is 58.6 Å². The molecule has 0 aliphatic carbocycles. The van der Waals surface area contributed by atoms with Crippen molar-refractivity contribution in [3.8, 4) is 0 Å². The molecule has 0 spiro atoms. The number of carbonyl (C=O) groups is 3. The number of halogens is 1. The number of ether oxygens (including phenoxy) is 1. The van der Waals surface area contributed by atoms with Crippen LogP contribution in [0.25, 0.3) is 0 Å². The molecular weight excluding hydrogens is 408 g/mol. The number of amides is 3. The molecule has 1 fully saturated rings. The van der Waals surface area contributed by atoms with Crippen LogP contribution in [0.3, 0.4) is 0 Å². The minimum Gasteiger partial charge on any atom is -0.379 e. The second-order valence-electron chi connectivity index (χ2n) is 6.91. The summed E-state index contributed by atoms with van der Waals surface area (Å²) in [6.07, 6.45) is 1.41. The molecule has 0 unspecified atom stereocenters. The van der Waals surface area contributed by atoms with Crippen molar-refractivity contribution in [2.45, 2.75) is 0 Å². The molecule has 2 aliphatic rings. The van der Waals surface area contributed by atoms with E-state index in [1.165, 1.54) is 17.2 Å². The Balaban J connectivity index is 1.45. The maximum absolute atomic E-state index is 12.5. The fourth-order valence-electron chi connectivity index (χ4n) is 3.30. The summed E-state index contributed by atoms with van der Waals surface area (Å²) < 4.78 is 5.32. The Labute approximate surface area is 178 Å². The topological polar surface area (TPSA) is 91.3 Å². The lowest BCUT2D eigenvalue weighted by Crippen LogP contribution is -2.45. The van der Waals surface area contributed by atoms with Gasteiger partial charge in [-0.25, -0.2) is 9.79 Å². The molecule has 0 aromatic heterocycles. The van der Waals surface area contributed by atoms with Gasteiger partial charge in [-0.05, 0) is 35.9 Å². The third kappa shape index (κ3) is 4.40. The van der Waals surface area contributed by atoms with E-state index in [0.29, 0.717) is 49.4 Å².